The molecule has 2 aromatic rings. The van der Waals surface area contributed by atoms with Gasteiger partial charge in [0.1, 0.15) is 5.01 Å². The predicted octanol–water partition coefficient (Wildman–Crippen LogP) is 3.21. The van der Waals surface area contributed by atoms with E-state index in [0.29, 0.717) is 16.6 Å². The van der Waals surface area contributed by atoms with Gasteiger partial charge in [0.15, 0.2) is 0 Å². The smallest absolute Gasteiger partial charge is 0.247 e. The molecule has 0 saturated carbocycles. The number of benzene rings is 1. The average Bonchev–Trinajstić information content (AvgIpc) is 3.12. The highest BCUT2D eigenvalue weighted by molar-refractivity contribution is 7.15. The van der Waals surface area contributed by atoms with E-state index in [0.717, 1.165) is 36.9 Å². The van der Waals surface area contributed by atoms with Crippen molar-refractivity contribution in [2.75, 3.05) is 24.3 Å². The van der Waals surface area contributed by atoms with Crippen molar-refractivity contribution < 1.29 is 9.59 Å². The maximum absolute atomic E-state index is 12.0. The highest BCUT2D eigenvalue weighted by Gasteiger charge is 2.11. The fourth-order valence-electron chi connectivity index (χ4n) is 2.48. The molecule has 2 N–H and O–H groups in total. The standard InChI is InChI=1S/C20H28N6O2S/c1-4-5-6-7-8-17(27)22-20-25-24-19(29-20)13-18(28)23-21-14-15-9-11-16(12-10-15)26(2)3/h9-12,14H,4-8,13H2,1-3H3,(H,23,28)(H,22,25,27)/b21-14-. The van der Waals surface area contributed by atoms with Crippen molar-refractivity contribution in [2.45, 2.75) is 45.4 Å². The molecule has 0 aliphatic rings. The van der Waals surface area contributed by atoms with Gasteiger partial charge in [0, 0.05) is 26.2 Å². The molecule has 9 heteroatoms. The maximum Gasteiger partial charge on any atom is 0.247 e. The molecule has 1 aromatic heterocycles. The van der Waals surface area contributed by atoms with Gasteiger partial charge in [0.2, 0.25) is 16.9 Å². The van der Waals surface area contributed by atoms with Gasteiger partial charge < -0.3 is 10.2 Å². The molecule has 0 atom stereocenters. The molecule has 0 aliphatic heterocycles. The van der Waals surface area contributed by atoms with Gasteiger partial charge in [-0.25, -0.2) is 5.43 Å². The Morgan fingerprint density at radius 1 is 1.10 bits per heavy atom. The van der Waals surface area contributed by atoms with E-state index in [9.17, 15) is 9.59 Å². The van der Waals surface area contributed by atoms with Crippen LogP contribution in [0.4, 0.5) is 10.8 Å². The normalized spacial score (nSPS) is 10.9. The van der Waals surface area contributed by atoms with E-state index in [4.69, 9.17) is 0 Å². The van der Waals surface area contributed by atoms with Crippen molar-refractivity contribution in [3.8, 4) is 0 Å². The van der Waals surface area contributed by atoms with Crippen LogP contribution in [0, 0.1) is 0 Å². The summed E-state index contributed by atoms with van der Waals surface area (Å²) in [4.78, 5) is 25.9. The van der Waals surface area contributed by atoms with Crippen LogP contribution in [0.2, 0.25) is 0 Å². The van der Waals surface area contributed by atoms with Crippen LogP contribution in [-0.2, 0) is 16.0 Å². The average molecular weight is 417 g/mol. The van der Waals surface area contributed by atoms with Gasteiger partial charge in [-0.3, -0.25) is 9.59 Å². The second kappa shape index (κ2) is 11.9. The number of unbranched alkanes of at least 4 members (excludes halogenated alkanes) is 3. The first-order valence-electron chi connectivity index (χ1n) is 9.69. The van der Waals surface area contributed by atoms with Gasteiger partial charge in [-0.05, 0) is 24.1 Å². The van der Waals surface area contributed by atoms with Crippen LogP contribution in [0.3, 0.4) is 0 Å². The quantitative estimate of drug-likeness (QED) is 0.333. The lowest BCUT2D eigenvalue weighted by atomic mass is 10.1. The Balaban J connectivity index is 1.74. The van der Waals surface area contributed by atoms with E-state index in [-0.39, 0.29) is 18.2 Å². The van der Waals surface area contributed by atoms with Crippen LogP contribution in [0.15, 0.2) is 29.4 Å². The summed E-state index contributed by atoms with van der Waals surface area (Å²) in [6, 6.07) is 7.80. The summed E-state index contributed by atoms with van der Waals surface area (Å²) in [5.74, 6) is -0.363. The maximum atomic E-state index is 12.0. The Kier molecular flexibility index (Phi) is 9.23. The van der Waals surface area contributed by atoms with Crippen molar-refractivity contribution in [1.29, 1.82) is 0 Å². The summed E-state index contributed by atoms with van der Waals surface area (Å²) in [5.41, 5.74) is 4.45. The number of hydrazone groups is 1. The number of anilines is 2. The van der Waals surface area contributed by atoms with Crippen LogP contribution in [-0.4, -0.2) is 42.3 Å². The molecular weight excluding hydrogens is 388 g/mol. The zero-order chi connectivity index (χ0) is 21.1. The number of hydrogen-bond acceptors (Lipinski definition) is 7. The summed E-state index contributed by atoms with van der Waals surface area (Å²) in [6.07, 6.45) is 6.29. The van der Waals surface area contributed by atoms with Gasteiger partial charge >= 0.3 is 0 Å². The molecule has 1 aromatic carbocycles. The van der Waals surface area contributed by atoms with Crippen molar-refractivity contribution in [2.24, 2.45) is 5.10 Å². The Hall–Kier alpha value is -2.81. The van der Waals surface area contributed by atoms with Crippen molar-refractivity contribution in [1.82, 2.24) is 15.6 Å². The minimum atomic E-state index is -0.292. The lowest BCUT2D eigenvalue weighted by Crippen LogP contribution is -2.19. The molecule has 0 saturated heterocycles. The lowest BCUT2D eigenvalue weighted by molar-refractivity contribution is -0.120. The van der Waals surface area contributed by atoms with Crippen LogP contribution in [0.25, 0.3) is 0 Å². The number of amides is 2. The molecule has 2 amide bonds. The molecule has 2 rings (SSSR count). The van der Waals surface area contributed by atoms with Crippen LogP contribution in [0.1, 0.15) is 49.6 Å². The van der Waals surface area contributed by atoms with E-state index in [1.165, 1.54) is 11.3 Å². The predicted molar refractivity (Wildman–Crippen MR) is 118 cm³/mol. The number of carbonyl (C=O) groups is 2. The van der Waals surface area contributed by atoms with E-state index < -0.39 is 0 Å². The highest BCUT2D eigenvalue weighted by Crippen LogP contribution is 2.16. The Morgan fingerprint density at radius 3 is 2.55 bits per heavy atom. The summed E-state index contributed by atoms with van der Waals surface area (Å²) < 4.78 is 0. The molecule has 0 radical (unpaired) electrons. The summed E-state index contributed by atoms with van der Waals surface area (Å²) in [7, 11) is 3.95. The second-order valence-corrected chi connectivity index (χ2v) is 7.88. The van der Waals surface area contributed by atoms with Crippen molar-refractivity contribution in [3.63, 3.8) is 0 Å². The van der Waals surface area contributed by atoms with Gasteiger partial charge in [-0.2, -0.15) is 5.10 Å². The third-order valence-electron chi connectivity index (χ3n) is 4.09. The summed E-state index contributed by atoms with van der Waals surface area (Å²) >= 11 is 1.20. The van der Waals surface area contributed by atoms with E-state index in [1.807, 2.05) is 43.3 Å². The Bertz CT molecular complexity index is 817. The Labute approximate surface area is 175 Å². The number of aromatic nitrogens is 2. The molecule has 156 valence electrons. The zero-order valence-electron chi connectivity index (χ0n) is 17.1. The van der Waals surface area contributed by atoms with Gasteiger partial charge in [-0.1, -0.05) is 49.7 Å². The van der Waals surface area contributed by atoms with E-state index in [1.54, 1.807) is 6.21 Å². The topological polar surface area (TPSA) is 99.6 Å². The van der Waals surface area contributed by atoms with Gasteiger partial charge in [-0.15, -0.1) is 10.2 Å². The van der Waals surface area contributed by atoms with E-state index >= 15 is 0 Å². The van der Waals surface area contributed by atoms with Crippen molar-refractivity contribution >= 4 is 40.2 Å². The molecular formula is C20H28N6O2S. The molecule has 29 heavy (non-hydrogen) atoms. The number of nitrogens with zero attached hydrogens (tertiary/aromatic N) is 4. The molecule has 8 nitrogen and oxygen atoms in total. The third kappa shape index (κ3) is 8.39. The second-order valence-electron chi connectivity index (χ2n) is 6.82. The van der Waals surface area contributed by atoms with Crippen LogP contribution in [0.5, 0.6) is 0 Å². The Morgan fingerprint density at radius 2 is 1.86 bits per heavy atom. The number of hydrogen-bond donors (Lipinski definition) is 2. The van der Waals surface area contributed by atoms with Crippen molar-refractivity contribution in [3.05, 3.63) is 34.8 Å². The van der Waals surface area contributed by atoms with Crippen LogP contribution >= 0.6 is 11.3 Å². The van der Waals surface area contributed by atoms with E-state index in [2.05, 4.69) is 33.0 Å². The number of nitrogens with one attached hydrogen (secondary N) is 2. The summed E-state index contributed by atoms with van der Waals surface area (Å²) in [6.45, 7) is 2.13. The number of rotatable bonds is 11. The van der Waals surface area contributed by atoms with Crippen LogP contribution < -0.4 is 15.6 Å². The molecule has 0 aliphatic carbocycles. The lowest BCUT2D eigenvalue weighted by Gasteiger charge is -2.11. The van der Waals surface area contributed by atoms with Gasteiger partial charge in [0.05, 0.1) is 12.6 Å². The monoisotopic (exact) mass is 416 g/mol. The molecule has 1 heterocycles. The first-order valence-corrected chi connectivity index (χ1v) is 10.5. The molecule has 0 bridgehead atoms. The minimum absolute atomic E-state index is 0.0565. The molecule has 0 fully saturated rings. The zero-order valence-corrected chi connectivity index (χ0v) is 18.0. The third-order valence-corrected chi connectivity index (χ3v) is 4.93. The SMILES string of the molecule is CCCCCCC(=O)Nc1nnc(CC(=O)N/N=C\c2ccc(N(C)C)cc2)s1. The fraction of sp³-hybridized carbons (Fsp3) is 0.450. The first kappa shape index (κ1) is 22.5. The molecule has 0 spiro atoms. The van der Waals surface area contributed by atoms with Gasteiger partial charge in [0.25, 0.3) is 0 Å². The first-order chi connectivity index (χ1) is 14.0. The highest BCUT2D eigenvalue weighted by atomic mass is 32.1. The summed E-state index contributed by atoms with van der Waals surface area (Å²) in [5, 5.41) is 15.5. The number of carbonyl (C=O) groups excluding carboxylic acids is 2. The fourth-order valence-corrected chi connectivity index (χ4v) is 3.24. The largest absolute Gasteiger partial charge is 0.378 e. The molecule has 0 unspecified atom stereocenters. The minimum Gasteiger partial charge on any atom is -0.378 e.